The number of hydrazine groups is 1. The van der Waals surface area contributed by atoms with Crippen molar-refractivity contribution >= 4 is 11.6 Å². The van der Waals surface area contributed by atoms with Gasteiger partial charge in [0.15, 0.2) is 0 Å². The van der Waals surface area contributed by atoms with E-state index < -0.39 is 0 Å². The Morgan fingerprint density at radius 2 is 1.93 bits per heavy atom. The summed E-state index contributed by atoms with van der Waals surface area (Å²) in [4.78, 5) is 0. The fourth-order valence-corrected chi connectivity index (χ4v) is 3.97. The van der Waals surface area contributed by atoms with Crippen molar-refractivity contribution in [1.82, 2.24) is 10.5 Å². The number of aryl methyl sites for hydroxylation is 1. The molecule has 6 heteroatoms. The first-order valence-corrected chi connectivity index (χ1v) is 10.0. The van der Waals surface area contributed by atoms with Crippen molar-refractivity contribution in [3.8, 4) is 5.75 Å². The van der Waals surface area contributed by atoms with E-state index in [2.05, 4.69) is 12.3 Å². The number of hydroxylamine groups is 1. The molecule has 3 unspecified atom stereocenters. The fourth-order valence-electron chi connectivity index (χ4n) is 3.76. The minimum atomic E-state index is 0.0361. The van der Waals surface area contributed by atoms with Crippen LogP contribution < -0.4 is 10.6 Å². The van der Waals surface area contributed by atoms with Crippen LogP contribution >= 0.6 is 11.6 Å². The fraction of sp³-hybridized carbons (Fsp3) is 0.429. The highest BCUT2D eigenvalue weighted by Gasteiger charge is 2.38. The van der Waals surface area contributed by atoms with Gasteiger partial charge in [0.05, 0.1) is 12.6 Å². The van der Waals surface area contributed by atoms with Gasteiger partial charge in [-0.05, 0) is 54.7 Å². The summed E-state index contributed by atoms with van der Waals surface area (Å²) in [5, 5.41) is 24.9. The number of aromatic hydroxyl groups is 1. The molecule has 27 heavy (non-hydrogen) atoms. The molecule has 0 amide bonds. The summed E-state index contributed by atoms with van der Waals surface area (Å²) in [6, 6.07) is 15.2. The number of halogens is 1. The Labute approximate surface area is 166 Å². The van der Waals surface area contributed by atoms with Gasteiger partial charge in [-0.15, -0.1) is 0 Å². The number of phenolic OH excluding ortho intramolecular Hbond substituents is 1. The second kappa shape index (κ2) is 9.53. The summed E-state index contributed by atoms with van der Waals surface area (Å²) in [7, 11) is 0. The van der Waals surface area contributed by atoms with Gasteiger partial charge in [-0.1, -0.05) is 54.3 Å². The number of benzene rings is 2. The van der Waals surface area contributed by atoms with Crippen LogP contribution in [0, 0.1) is 5.21 Å². The number of quaternary nitrogens is 1. The lowest BCUT2D eigenvalue weighted by atomic mass is 9.98. The molecule has 1 aliphatic rings. The largest absolute Gasteiger partial charge is 0.612 e. The second-order valence-electron chi connectivity index (χ2n) is 7.24. The molecule has 2 aromatic carbocycles. The molecule has 1 saturated heterocycles. The molecular formula is C21H28ClN3O2. The molecular weight excluding hydrogens is 362 g/mol. The third kappa shape index (κ3) is 5.43. The molecule has 146 valence electrons. The molecule has 3 N–H and O–H groups in total. The first-order valence-electron chi connectivity index (χ1n) is 9.66. The van der Waals surface area contributed by atoms with E-state index in [1.165, 1.54) is 5.56 Å². The summed E-state index contributed by atoms with van der Waals surface area (Å²) in [5.41, 5.74) is 5.68. The highest BCUT2D eigenvalue weighted by Crippen LogP contribution is 2.17. The zero-order valence-corrected chi connectivity index (χ0v) is 16.5. The molecule has 0 saturated carbocycles. The van der Waals surface area contributed by atoms with E-state index in [0.29, 0.717) is 17.3 Å². The average molecular weight is 390 g/mol. The van der Waals surface area contributed by atoms with Crippen LogP contribution in [0.25, 0.3) is 0 Å². The maximum Gasteiger partial charge on any atom is 0.123 e. The number of nitrogens with zero attached hydrogens (tertiary/aromatic N) is 1. The van der Waals surface area contributed by atoms with E-state index in [-0.39, 0.29) is 17.3 Å². The maximum absolute atomic E-state index is 12.9. The van der Waals surface area contributed by atoms with Gasteiger partial charge in [0, 0.05) is 11.4 Å². The molecule has 0 spiro atoms. The molecule has 0 bridgehead atoms. The maximum atomic E-state index is 12.9. The van der Waals surface area contributed by atoms with Gasteiger partial charge in [0.2, 0.25) is 0 Å². The van der Waals surface area contributed by atoms with Crippen molar-refractivity contribution < 1.29 is 10.3 Å². The zero-order valence-electron chi connectivity index (χ0n) is 15.7. The van der Waals surface area contributed by atoms with Gasteiger partial charge in [-0.2, -0.15) is 0 Å². The van der Waals surface area contributed by atoms with E-state index in [1.54, 1.807) is 17.3 Å². The number of hydrogen-bond acceptors (Lipinski definition) is 4. The van der Waals surface area contributed by atoms with E-state index >= 15 is 0 Å². The predicted molar refractivity (Wildman–Crippen MR) is 108 cm³/mol. The van der Waals surface area contributed by atoms with Crippen LogP contribution in [0.1, 0.15) is 43.7 Å². The number of nitrogens with one attached hydrogen (secondary N) is 2. The van der Waals surface area contributed by atoms with Crippen molar-refractivity contribution in [2.75, 3.05) is 0 Å². The molecule has 0 radical (unpaired) electrons. The summed E-state index contributed by atoms with van der Waals surface area (Å²) in [6.45, 7) is 2.66. The first kappa shape index (κ1) is 20.1. The molecule has 2 aromatic rings. The zero-order chi connectivity index (χ0) is 19.2. The monoisotopic (exact) mass is 389 g/mol. The Kier molecular flexibility index (Phi) is 7.10. The highest BCUT2D eigenvalue weighted by molar-refractivity contribution is 6.30. The Hall–Kier alpha value is -1.63. The van der Waals surface area contributed by atoms with Crippen LogP contribution in [-0.2, 0) is 13.0 Å². The minimum Gasteiger partial charge on any atom is -0.612 e. The van der Waals surface area contributed by atoms with Gasteiger partial charge >= 0.3 is 0 Å². The first-order chi connectivity index (χ1) is 13.1. The lowest BCUT2D eigenvalue weighted by molar-refractivity contribution is -0.986. The third-order valence-electron chi connectivity index (χ3n) is 5.14. The Morgan fingerprint density at radius 3 is 2.63 bits per heavy atom. The average Bonchev–Trinajstić information content (AvgIpc) is 2.93. The van der Waals surface area contributed by atoms with Crippen molar-refractivity contribution in [2.45, 2.75) is 57.7 Å². The Morgan fingerprint density at radius 1 is 1.15 bits per heavy atom. The number of hydrogen-bond donors (Lipinski definition) is 3. The SMILES string of the molecule is CCCC1C(CCCc2ccc(O)cc2)NN(Cc2cccc(Cl)c2)[NH+]1[O-]. The van der Waals surface area contributed by atoms with Gasteiger partial charge in [0.25, 0.3) is 0 Å². The summed E-state index contributed by atoms with van der Waals surface area (Å²) < 4.78 is 0. The summed E-state index contributed by atoms with van der Waals surface area (Å²) in [6.07, 6.45) is 4.80. The Balaban J connectivity index is 1.58. The molecule has 0 aromatic heterocycles. The van der Waals surface area contributed by atoms with Crippen LogP contribution in [0.4, 0.5) is 0 Å². The van der Waals surface area contributed by atoms with Crippen LogP contribution in [0.3, 0.4) is 0 Å². The lowest BCUT2D eigenvalue weighted by Gasteiger charge is -2.30. The smallest absolute Gasteiger partial charge is 0.123 e. The molecule has 0 aliphatic carbocycles. The quantitative estimate of drug-likeness (QED) is 0.606. The predicted octanol–water partition coefficient (Wildman–Crippen LogP) is 3.22. The van der Waals surface area contributed by atoms with Crippen molar-refractivity contribution in [2.24, 2.45) is 0 Å². The van der Waals surface area contributed by atoms with Gasteiger partial charge < -0.3 is 10.3 Å². The Bertz CT molecular complexity index is 726. The molecule has 5 nitrogen and oxygen atoms in total. The number of phenols is 1. The normalized spacial score (nSPS) is 23.0. The summed E-state index contributed by atoms with van der Waals surface area (Å²) >= 11 is 6.07. The van der Waals surface area contributed by atoms with E-state index in [0.717, 1.165) is 37.7 Å². The van der Waals surface area contributed by atoms with E-state index in [1.807, 2.05) is 36.4 Å². The van der Waals surface area contributed by atoms with Gasteiger partial charge in [-0.25, -0.2) is 5.43 Å². The van der Waals surface area contributed by atoms with Crippen LogP contribution in [0.15, 0.2) is 48.5 Å². The molecule has 3 atom stereocenters. The molecule has 1 heterocycles. The van der Waals surface area contributed by atoms with Crippen molar-refractivity contribution in [3.63, 3.8) is 0 Å². The van der Waals surface area contributed by atoms with Crippen LogP contribution in [0.2, 0.25) is 5.02 Å². The minimum absolute atomic E-state index is 0.0361. The van der Waals surface area contributed by atoms with Crippen LogP contribution in [-0.4, -0.2) is 22.3 Å². The second-order valence-corrected chi connectivity index (χ2v) is 7.68. The molecule has 1 fully saturated rings. The van der Waals surface area contributed by atoms with Crippen LogP contribution in [0.5, 0.6) is 5.75 Å². The van der Waals surface area contributed by atoms with Crippen molar-refractivity contribution in [1.29, 1.82) is 0 Å². The molecule has 3 rings (SSSR count). The van der Waals surface area contributed by atoms with Gasteiger partial charge in [-0.3, -0.25) is 5.17 Å². The standard InChI is InChI=1S/C21H28ClN3O2/c1-2-5-21-20(9-4-6-16-10-12-19(26)13-11-16)23-24(25(21)27)15-17-7-3-8-18(22)14-17/h3,7-8,10-14,20-21,23,25-26H,2,4-6,9,15H2,1H3. The van der Waals surface area contributed by atoms with Gasteiger partial charge in [0.1, 0.15) is 11.8 Å². The van der Waals surface area contributed by atoms with E-state index in [4.69, 9.17) is 11.6 Å². The number of rotatable bonds is 8. The highest BCUT2D eigenvalue weighted by atomic mass is 35.5. The topological polar surface area (TPSA) is 63.0 Å². The third-order valence-corrected chi connectivity index (χ3v) is 5.37. The lowest BCUT2D eigenvalue weighted by Crippen LogP contribution is -3.15. The van der Waals surface area contributed by atoms with Crippen molar-refractivity contribution in [3.05, 3.63) is 69.9 Å². The molecule has 1 aliphatic heterocycles. The summed E-state index contributed by atoms with van der Waals surface area (Å²) in [5.74, 6) is 0.293. The van der Waals surface area contributed by atoms with E-state index in [9.17, 15) is 10.3 Å².